The summed E-state index contributed by atoms with van der Waals surface area (Å²) in [4.78, 5) is 9.36. The van der Waals surface area contributed by atoms with E-state index in [0.29, 0.717) is 11.6 Å². The van der Waals surface area contributed by atoms with Gasteiger partial charge in [0.15, 0.2) is 11.6 Å². The van der Waals surface area contributed by atoms with E-state index in [2.05, 4.69) is 34.1 Å². The first kappa shape index (κ1) is 25.7. The summed E-state index contributed by atoms with van der Waals surface area (Å²) in [5.74, 6) is -0.222. The van der Waals surface area contributed by atoms with Gasteiger partial charge in [-0.2, -0.15) is 5.10 Å². The van der Waals surface area contributed by atoms with Crippen molar-refractivity contribution < 1.29 is 17.2 Å². The molecule has 2 aliphatic rings. The number of sulfone groups is 1. The van der Waals surface area contributed by atoms with Crippen molar-refractivity contribution in [3.05, 3.63) is 82.7 Å². The van der Waals surface area contributed by atoms with Gasteiger partial charge in [-0.1, -0.05) is 26.0 Å². The average Bonchev–Trinajstić information content (AvgIpc) is 3.50. The van der Waals surface area contributed by atoms with Gasteiger partial charge in [-0.15, -0.1) is 10.2 Å². The lowest BCUT2D eigenvalue weighted by Gasteiger charge is -2.37. The largest absolute Gasteiger partial charge is 0.232 e. The van der Waals surface area contributed by atoms with Crippen molar-refractivity contribution in [2.45, 2.75) is 51.4 Å². The second-order valence-electron chi connectivity index (χ2n) is 11.2. The standard InChI is InChI=1S/C28H28F2N6O2S/c1-16-8-9-22(32-26(16)36-15-31-23(35-36)11-13-39(4,37)38)28-12-10-18(27(28,2)3)17-14-21(33-34-25(17)28)24-19(29)6-5-7-20(24)30/h5-9,14-15,18H,10-13H2,1-4H3/t18-,28-/m0/s1. The normalized spacial score (nSPS) is 21.3. The van der Waals surface area contributed by atoms with Crippen LogP contribution in [0.1, 0.15) is 60.9 Å². The fourth-order valence-corrected chi connectivity index (χ4v) is 7.09. The molecular formula is C28H28F2N6O2S. The molecule has 0 unspecified atom stereocenters. The molecule has 6 rings (SSSR count). The molecule has 1 aromatic carbocycles. The summed E-state index contributed by atoms with van der Waals surface area (Å²) in [6, 6.07) is 9.56. The third-order valence-electron chi connectivity index (χ3n) is 8.56. The Kier molecular flexibility index (Phi) is 5.73. The van der Waals surface area contributed by atoms with Gasteiger partial charge in [0, 0.05) is 12.7 Å². The van der Waals surface area contributed by atoms with Gasteiger partial charge < -0.3 is 0 Å². The lowest BCUT2D eigenvalue weighted by Crippen LogP contribution is -2.38. The molecular weight excluding hydrogens is 522 g/mol. The van der Waals surface area contributed by atoms with E-state index in [9.17, 15) is 17.2 Å². The Labute approximate surface area is 225 Å². The van der Waals surface area contributed by atoms with Gasteiger partial charge in [-0.3, -0.25) is 0 Å². The van der Waals surface area contributed by atoms with Crippen molar-refractivity contribution in [1.82, 2.24) is 29.9 Å². The zero-order valence-electron chi connectivity index (χ0n) is 22.1. The molecule has 11 heteroatoms. The van der Waals surface area contributed by atoms with Crippen LogP contribution in [0.4, 0.5) is 8.78 Å². The Morgan fingerprint density at radius 3 is 2.56 bits per heavy atom. The minimum Gasteiger partial charge on any atom is -0.232 e. The molecule has 202 valence electrons. The molecule has 0 spiro atoms. The van der Waals surface area contributed by atoms with Gasteiger partial charge in [0.05, 0.1) is 33.8 Å². The zero-order chi connectivity index (χ0) is 27.7. The van der Waals surface area contributed by atoms with Crippen LogP contribution in [-0.4, -0.2) is 50.4 Å². The summed E-state index contributed by atoms with van der Waals surface area (Å²) in [5, 5.41) is 13.4. The zero-order valence-corrected chi connectivity index (χ0v) is 22.9. The molecule has 1 fully saturated rings. The molecule has 1 saturated carbocycles. The smallest absolute Gasteiger partial charge is 0.158 e. The van der Waals surface area contributed by atoms with Crippen LogP contribution in [0.25, 0.3) is 17.1 Å². The first-order chi connectivity index (χ1) is 18.4. The molecule has 0 N–H and O–H groups in total. The van der Waals surface area contributed by atoms with Crippen LogP contribution in [0.15, 0.2) is 42.7 Å². The van der Waals surface area contributed by atoms with Crippen LogP contribution < -0.4 is 0 Å². The van der Waals surface area contributed by atoms with Gasteiger partial charge in [0.25, 0.3) is 0 Å². The van der Waals surface area contributed by atoms with Crippen molar-refractivity contribution in [2.75, 3.05) is 12.0 Å². The molecule has 39 heavy (non-hydrogen) atoms. The number of hydrogen-bond acceptors (Lipinski definition) is 7. The van der Waals surface area contributed by atoms with Crippen LogP contribution in [0.5, 0.6) is 0 Å². The SMILES string of the molecule is Cc1ccc([C@@]23CC[C@@H](c4cc(-c5c(F)cccc5F)nnc42)C3(C)C)nc1-n1cnc(CCS(C)(=O)=O)n1. The van der Waals surface area contributed by atoms with Gasteiger partial charge in [0.1, 0.15) is 27.8 Å². The summed E-state index contributed by atoms with van der Waals surface area (Å²) >= 11 is 0. The topological polar surface area (TPSA) is 104 Å². The third kappa shape index (κ3) is 3.89. The number of fused-ring (bicyclic) bond motifs is 5. The summed E-state index contributed by atoms with van der Waals surface area (Å²) in [7, 11) is -3.14. The highest BCUT2D eigenvalue weighted by atomic mass is 32.2. The Balaban J connectivity index is 1.44. The van der Waals surface area contributed by atoms with Crippen LogP contribution in [-0.2, 0) is 21.7 Å². The molecule has 8 nitrogen and oxygen atoms in total. The first-order valence-electron chi connectivity index (χ1n) is 12.8. The van der Waals surface area contributed by atoms with Crippen LogP contribution in [0, 0.1) is 24.0 Å². The molecule has 0 amide bonds. The fraction of sp³-hybridized carbons (Fsp3) is 0.393. The maximum atomic E-state index is 14.6. The van der Waals surface area contributed by atoms with E-state index in [1.54, 1.807) is 17.1 Å². The van der Waals surface area contributed by atoms with E-state index >= 15 is 0 Å². The Morgan fingerprint density at radius 2 is 1.85 bits per heavy atom. The van der Waals surface area contributed by atoms with Crippen molar-refractivity contribution in [3.8, 4) is 17.1 Å². The fourth-order valence-electron chi connectivity index (χ4n) is 6.53. The Bertz CT molecular complexity index is 1720. The van der Waals surface area contributed by atoms with Gasteiger partial charge in [-0.25, -0.2) is 31.8 Å². The second-order valence-corrected chi connectivity index (χ2v) is 13.4. The summed E-state index contributed by atoms with van der Waals surface area (Å²) < 4.78 is 53.8. The Hall–Kier alpha value is -3.60. The van der Waals surface area contributed by atoms with Crippen molar-refractivity contribution >= 4 is 9.84 Å². The highest BCUT2D eigenvalue weighted by Gasteiger charge is 2.65. The minimum absolute atomic E-state index is 0.0314. The number of benzene rings is 1. The first-order valence-corrected chi connectivity index (χ1v) is 14.9. The number of halogens is 2. The van der Waals surface area contributed by atoms with Crippen LogP contribution in [0.2, 0.25) is 0 Å². The van der Waals surface area contributed by atoms with E-state index in [1.807, 2.05) is 19.1 Å². The van der Waals surface area contributed by atoms with Crippen molar-refractivity contribution in [3.63, 3.8) is 0 Å². The van der Waals surface area contributed by atoms with E-state index in [4.69, 9.17) is 4.98 Å². The van der Waals surface area contributed by atoms with E-state index < -0.39 is 26.9 Å². The Morgan fingerprint density at radius 1 is 1.10 bits per heavy atom. The van der Waals surface area contributed by atoms with Crippen molar-refractivity contribution in [1.29, 1.82) is 0 Å². The molecule has 2 bridgehead atoms. The maximum Gasteiger partial charge on any atom is 0.158 e. The van der Waals surface area contributed by atoms with E-state index in [1.165, 1.54) is 24.5 Å². The molecule has 3 aromatic heterocycles. The monoisotopic (exact) mass is 550 g/mol. The molecule has 0 saturated heterocycles. The summed E-state index contributed by atoms with van der Waals surface area (Å²) in [5.41, 5.74) is 2.64. The van der Waals surface area contributed by atoms with E-state index in [0.717, 1.165) is 35.4 Å². The van der Waals surface area contributed by atoms with E-state index in [-0.39, 0.29) is 34.8 Å². The second kappa shape index (κ2) is 8.70. The summed E-state index contributed by atoms with van der Waals surface area (Å²) in [6.45, 7) is 6.31. The predicted molar refractivity (Wildman–Crippen MR) is 141 cm³/mol. The molecule has 2 aliphatic carbocycles. The number of nitrogens with zero attached hydrogens (tertiary/aromatic N) is 6. The number of aromatic nitrogens is 6. The lowest BCUT2D eigenvalue weighted by atomic mass is 9.66. The lowest BCUT2D eigenvalue weighted by molar-refractivity contribution is 0.242. The maximum absolute atomic E-state index is 14.6. The van der Waals surface area contributed by atoms with Gasteiger partial charge in [0.2, 0.25) is 0 Å². The average molecular weight is 551 g/mol. The minimum atomic E-state index is -3.14. The van der Waals surface area contributed by atoms with Gasteiger partial charge in [-0.05, 0) is 66.5 Å². The molecule has 0 radical (unpaired) electrons. The molecule has 0 aliphatic heterocycles. The van der Waals surface area contributed by atoms with Crippen LogP contribution in [0.3, 0.4) is 0 Å². The third-order valence-corrected chi connectivity index (χ3v) is 9.51. The number of aryl methyl sites for hydroxylation is 2. The highest BCUT2D eigenvalue weighted by molar-refractivity contribution is 7.90. The highest BCUT2D eigenvalue weighted by Crippen LogP contribution is 2.69. The number of rotatable bonds is 6. The number of hydrogen-bond donors (Lipinski definition) is 0. The quantitative estimate of drug-likeness (QED) is 0.348. The number of pyridine rings is 1. The van der Waals surface area contributed by atoms with Crippen LogP contribution >= 0.6 is 0 Å². The molecule has 4 aromatic rings. The predicted octanol–water partition coefficient (Wildman–Crippen LogP) is 4.50. The molecule has 2 atom stereocenters. The summed E-state index contributed by atoms with van der Waals surface area (Å²) in [6.07, 6.45) is 4.65. The van der Waals surface area contributed by atoms with Crippen molar-refractivity contribution in [2.24, 2.45) is 5.41 Å². The van der Waals surface area contributed by atoms with Gasteiger partial charge >= 0.3 is 0 Å². The molecule has 3 heterocycles.